The van der Waals surface area contributed by atoms with Crippen LogP contribution >= 0.6 is 0 Å². The second-order valence-electron chi connectivity index (χ2n) is 7.74. The Morgan fingerprint density at radius 3 is 2.67 bits per heavy atom. The third-order valence-electron chi connectivity index (χ3n) is 5.01. The zero-order valence-electron chi connectivity index (χ0n) is 15.8. The van der Waals surface area contributed by atoms with Crippen LogP contribution in [-0.2, 0) is 13.1 Å². The maximum Gasteiger partial charge on any atom is 0.257 e. The Balaban J connectivity index is 1.48. The molecule has 2 N–H and O–H groups in total. The summed E-state index contributed by atoms with van der Waals surface area (Å²) in [5, 5.41) is 18.0. The van der Waals surface area contributed by atoms with E-state index in [2.05, 4.69) is 20.4 Å². The van der Waals surface area contributed by atoms with Crippen molar-refractivity contribution >= 4 is 11.9 Å². The minimum Gasteiger partial charge on any atom is -0.386 e. The Hall–Kier alpha value is -2.48. The molecule has 27 heavy (non-hydrogen) atoms. The first-order valence-corrected chi connectivity index (χ1v) is 9.64. The molecule has 0 saturated heterocycles. The number of hydrogen-bond donors (Lipinski definition) is 2. The Morgan fingerprint density at radius 1 is 1.26 bits per heavy atom. The molecule has 8 nitrogen and oxygen atoms in total. The Bertz CT molecular complexity index is 812. The lowest BCUT2D eigenvalue weighted by atomic mass is 10.1. The molecule has 1 aliphatic carbocycles. The number of amides is 1. The van der Waals surface area contributed by atoms with Gasteiger partial charge in [0.2, 0.25) is 5.95 Å². The fraction of sp³-hybridized carbons (Fsp3) is 0.579. The molecule has 0 spiro atoms. The van der Waals surface area contributed by atoms with Gasteiger partial charge in [-0.2, -0.15) is 5.10 Å². The third-order valence-corrected chi connectivity index (χ3v) is 5.01. The number of nitrogens with one attached hydrogen (secondary N) is 1. The molecule has 1 aliphatic heterocycles. The highest BCUT2D eigenvalue weighted by Crippen LogP contribution is 2.40. The fourth-order valence-electron chi connectivity index (χ4n) is 3.41. The van der Waals surface area contributed by atoms with Gasteiger partial charge in [-0.1, -0.05) is 0 Å². The number of aryl methyl sites for hydroxylation is 1. The number of hydrogen-bond acceptors (Lipinski definition) is 6. The molecule has 144 valence electrons. The molecule has 0 unspecified atom stereocenters. The minimum absolute atomic E-state index is 0.0787. The number of rotatable bonds is 5. The number of nitrogens with zero attached hydrogens (tertiary/aromatic N) is 5. The van der Waals surface area contributed by atoms with E-state index in [1.54, 1.807) is 12.4 Å². The van der Waals surface area contributed by atoms with Crippen LogP contribution < -0.4 is 5.32 Å². The summed E-state index contributed by atoms with van der Waals surface area (Å²) in [7, 11) is 0. The highest BCUT2D eigenvalue weighted by Gasteiger charge is 2.33. The predicted molar refractivity (Wildman–Crippen MR) is 100 cm³/mol. The zero-order chi connectivity index (χ0) is 19.0. The summed E-state index contributed by atoms with van der Waals surface area (Å²) in [6.07, 6.45) is 5.62. The molecule has 0 radical (unpaired) electrons. The van der Waals surface area contributed by atoms with E-state index in [9.17, 15) is 9.90 Å². The van der Waals surface area contributed by atoms with E-state index in [0.29, 0.717) is 30.5 Å². The van der Waals surface area contributed by atoms with E-state index in [0.717, 1.165) is 37.2 Å². The van der Waals surface area contributed by atoms with Gasteiger partial charge in [-0.15, -0.1) is 0 Å². The molecule has 4 rings (SSSR count). The summed E-state index contributed by atoms with van der Waals surface area (Å²) in [5.74, 6) is 0.788. The lowest BCUT2D eigenvalue weighted by Crippen LogP contribution is -2.31. The Kier molecular flexibility index (Phi) is 4.82. The molecule has 3 heterocycles. The molecular weight excluding hydrogens is 344 g/mol. The molecule has 8 heteroatoms. The Morgan fingerprint density at radius 2 is 2.00 bits per heavy atom. The van der Waals surface area contributed by atoms with Crippen LogP contribution in [0.1, 0.15) is 61.0 Å². The first-order valence-electron chi connectivity index (χ1n) is 9.64. The largest absolute Gasteiger partial charge is 0.386 e. The quantitative estimate of drug-likeness (QED) is 0.835. The van der Waals surface area contributed by atoms with E-state index in [1.165, 1.54) is 0 Å². The summed E-state index contributed by atoms with van der Waals surface area (Å²) in [5.41, 5.74) is 2.18. The predicted octanol–water partition coefficient (Wildman–Crippen LogP) is 1.98. The van der Waals surface area contributed by atoms with Crippen LogP contribution in [0.25, 0.3) is 0 Å². The van der Waals surface area contributed by atoms with Crippen molar-refractivity contribution in [1.82, 2.24) is 24.6 Å². The number of aliphatic hydroxyl groups is 1. The lowest BCUT2D eigenvalue weighted by molar-refractivity contribution is 0.0745. The van der Waals surface area contributed by atoms with Gasteiger partial charge in [0.05, 0.1) is 23.5 Å². The first kappa shape index (κ1) is 17.9. The Labute approximate surface area is 158 Å². The van der Waals surface area contributed by atoms with Crippen molar-refractivity contribution in [2.45, 2.75) is 58.3 Å². The smallest absolute Gasteiger partial charge is 0.257 e. The maximum absolute atomic E-state index is 12.9. The third kappa shape index (κ3) is 3.95. The summed E-state index contributed by atoms with van der Waals surface area (Å²) in [4.78, 5) is 23.2. The minimum atomic E-state index is -0.483. The average molecular weight is 370 g/mol. The number of fused-ring (bicyclic) bond motifs is 1. The zero-order valence-corrected chi connectivity index (χ0v) is 15.8. The van der Waals surface area contributed by atoms with E-state index >= 15 is 0 Å². The summed E-state index contributed by atoms with van der Waals surface area (Å²) in [6.45, 7) is 5.92. The number of carbonyl (C=O) groups is 1. The van der Waals surface area contributed by atoms with Gasteiger partial charge in [-0.3, -0.25) is 9.48 Å². The van der Waals surface area contributed by atoms with Crippen LogP contribution in [0.4, 0.5) is 5.95 Å². The normalized spacial score (nSPS) is 18.1. The van der Waals surface area contributed by atoms with Crippen LogP contribution in [0.2, 0.25) is 0 Å². The summed E-state index contributed by atoms with van der Waals surface area (Å²) < 4.78 is 1.93. The summed E-state index contributed by atoms with van der Waals surface area (Å²) in [6, 6.07) is 2.18. The van der Waals surface area contributed by atoms with Crippen molar-refractivity contribution in [3.8, 4) is 0 Å². The van der Waals surface area contributed by atoms with Gasteiger partial charge in [0, 0.05) is 31.5 Å². The van der Waals surface area contributed by atoms with Crippen molar-refractivity contribution in [3.63, 3.8) is 0 Å². The van der Waals surface area contributed by atoms with E-state index in [1.807, 2.05) is 29.5 Å². The number of carbonyl (C=O) groups excluding carboxylic acids is 1. The van der Waals surface area contributed by atoms with Gasteiger partial charge in [0.1, 0.15) is 6.10 Å². The van der Waals surface area contributed by atoms with Crippen LogP contribution in [0.3, 0.4) is 0 Å². The highest BCUT2D eigenvalue weighted by atomic mass is 16.3. The molecule has 1 amide bonds. The van der Waals surface area contributed by atoms with Crippen molar-refractivity contribution in [1.29, 1.82) is 0 Å². The molecule has 1 fully saturated rings. The van der Waals surface area contributed by atoms with Crippen molar-refractivity contribution in [2.75, 3.05) is 11.9 Å². The molecule has 0 aromatic carbocycles. The molecular formula is C19H26N6O2. The number of aliphatic hydroxyl groups excluding tert-OH is 1. The van der Waals surface area contributed by atoms with E-state index in [-0.39, 0.29) is 11.9 Å². The second kappa shape index (κ2) is 7.26. The van der Waals surface area contributed by atoms with E-state index in [4.69, 9.17) is 0 Å². The standard InChI is InChI=1S/C19H26N6O2/c1-12(2)22-19-20-9-14(10-21-19)18(27)24-6-3-7-25-15(11-24)8-16(23-25)17(26)13-4-5-13/h8-10,12-13,17,26H,3-7,11H2,1-2H3,(H,20,21,22)/t17-/m0/s1. The van der Waals surface area contributed by atoms with Crippen molar-refractivity contribution < 1.29 is 9.90 Å². The van der Waals surface area contributed by atoms with Crippen LogP contribution in [0.5, 0.6) is 0 Å². The molecule has 1 atom stereocenters. The van der Waals surface area contributed by atoms with Gasteiger partial charge < -0.3 is 15.3 Å². The van der Waals surface area contributed by atoms with Crippen molar-refractivity contribution in [3.05, 3.63) is 35.4 Å². The van der Waals surface area contributed by atoms with Gasteiger partial charge in [0.25, 0.3) is 5.91 Å². The average Bonchev–Trinajstić information content (AvgIpc) is 3.45. The maximum atomic E-state index is 12.9. The lowest BCUT2D eigenvalue weighted by Gasteiger charge is -2.20. The molecule has 2 aromatic rings. The van der Waals surface area contributed by atoms with Crippen LogP contribution in [0, 0.1) is 5.92 Å². The second-order valence-corrected chi connectivity index (χ2v) is 7.74. The number of aromatic nitrogens is 4. The first-order chi connectivity index (χ1) is 13.0. The highest BCUT2D eigenvalue weighted by molar-refractivity contribution is 5.93. The van der Waals surface area contributed by atoms with Gasteiger partial charge in [0.15, 0.2) is 0 Å². The SMILES string of the molecule is CC(C)Nc1ncc(C(=O)N2CCCn3nc([C@@H](O)C4CC4)cc3C2)cn1. The molecule has 2 aromatic heterocycles. The number of anilines is 1. The molecule has 2 aliphatic rings. The molecule has 0 bridgehead atoms. The van der Waals surface area contributed by atoms with Crippen LogP contribution in [0.15, 0.2) is 18.5 Å². The topological polar surface area (TPSA) is 96.2 Å². The van der Waals surface area contributed by atoms with Gasteiger partial charge in [-0.05, 0) is 45.1 Å². The monoisotopic (exact) mass is 370 g/mol. The van der Waals surface area contributed by atoms with E-state index < -0.39 is 6.10 Å². The fourth-order valence-corrected chi connectivity index (χ4v) is 3.41. The van der Waals surface area contributed by atoms with Crippen LogP contribution in [-0.4, -0.2) is 48.2 Å². The van der Waals surface area contributed by atoms with Gasteiger partial charge >= 0.3 is 0 Å². The van der Waals surface area contributed by atoms with Crippen molar-refractivity contribution in [2.24, 2.45) is 5.92 Å². The molecule has 1 saturated carbocycles. The summed E-state index contributed by atoms with van der Waals surface area (Å²) >= 11 is 0. The van der Waals surface area contributed by atoms with Gasteiger partial charge in [-0.25, -0.2) is 9.97 Å².